The number of ketones is 1. The molecule has 4 rings (SSSR count). The molecule has 0 saturated carbocycles. The van der Waals surface area contributed by atoms with Gasteiger partial charge in [0, 0.05) is 32.0 Å². The molecule has 0 bridgehead atoms. The third-order valence-electron chi connectivity index (χ3n) is 6.15. The Morgan fingerprint density at radius 1 is 1.19 bits per heavy atom. The first-order valence-electron chi connectivity index (χ1n) is 10.3. The Labute approximate surface area is 179 Å². The minimum absolute atomic E-state index is 0.0674. The van der Waals surface area contributed by atoms with E-state index in [9.17, 15) is 19.7 Å². The van der Waals surface area contributed by atoms with Crippen LogP contribution in [0.2, 0.25) is 0 Å². The van der Waals surface area contributed by atoms with E-state index in [2.05, 4.69) is 0 Å². The average molecular weight is 424 g/mol. The van der Waals surface area contributed by atoms with Crippen molar-refractivity contribution in [3.63, 3.8) is 0 Å². The number of benzene rings is 2. The van der Waals surface area contributed by atoms with E-state index < -0.39 is 10.5 Å². The van der Waals surface area contributed by atoms with E-state index in [4.69, 9.17) is 9.47 Å². The molecule has 0 aromatic heterocycles. The van der Waals surface area contributed by atoms with Gasteiger partial charge in [-0.25, -0.2) is 0 Å². The van der Waals surface area contributed by atoms with Crippen molar-refractivity contribution >= 4 is 17.4 Å². The van der Waals surface area contributed by atoms with E-state index in [1.54, 1.807) is 17.0 Å². The molecule has 1 fully saturated rings. The summed E-state index contributed by atoms with van der Waals surface area (Å²) in [6, 6.07) is 9.78. The molecular weight excluding hydrogens is 400 g/mol. The molecule has 1 amide bonds. The number of fused-ring (bicyclic) bond motifs is 1. The Balaban J connectivity index is 1.38. The van der Waals surface area contributed by atoms with E-state index in [1.807, 2.05) is 26.0 Å². The molecule has 0 radical (unpaired) electrons. The van der Waals surface area contributed by atoms with E-state index >= 15 is 0 Å². The molecule has 8 nitrogen and oxygen atoms in total. The number of hydrogen-bond acceptors (Lipinski definition) is 6. The van der Waals surface area contributed by atoms with Gasteiger partial charge in [0.25, 0.3) is 5.91 Å². The number of Topliss-reactive ketones (excluding diaryl/α,β-unsaturated/α-hetero) is 1. The third kappa shape index (κ3) is 4.10. The summed E-state index contributed by atoms with van der Waals surface area (Å²) < 4.78 is 11.7. The molecule has 8 heteroatoms. The van der Waals surface area contributed by atoms with Crippen molar-refractivity contribution < 1.29 is 24.0 Å². The Hall–Kier alpha value is -3.42. The number of para-hydroxylation sites is 2. The van der Waals surface area contributed by atoms with Gasteiger partial charge in [-0.05, 0) is 43.2 Å². The van der Waals surface area contributed by atoms with Crippen molar-refractivity contribution in [2.75, 3.05) is 19.7 Å². The maximum absolute atomic E-state index is 12.7. The van der Waals surface area contributed by atoms with Gasteiger partial charge in [-0.15, -0.1) is 0 Å². The Kier molecular flexibility index (Phi) is 5.39. The van der Waals surface area contributed by atoms with Crippen LogP contribution in [0.3, 0.4) is 0 Å². The lowest BCUT2D eigenvalue weighted by molar-refractivity contribution is -0.385. The van der Waals surface area contributed by atoms with Crippen molar-refractivity contribution in [1.82, 2.24) is 4.90 Å². The molecule has 31 heavy (non-hydrogen) atoms. The number of likely N-dealkylation sites (tertiary alicyclic amines) is 1. The maximum atomic E-state index is 12.7. The summed E-state index contributed by atoms with van der Waals surface area (Å²) in [6.45, 7) is 4.56. The van der Waals surface area contributed by atoms with Crippen molar-refractivity contribution in [2.45, 2.75) is 38.7 Å². The topological polar surface area (TPSA) is 99.0 Å². The van der Waals surface area contributed by atoms with Crippen LogP contribution >= 0.6 is 0 Å². The second-order valence-corrected chi connectivity index (χ2v) is 8.21. The zero-order valence-corrected chi connectivity index (χ0v) is 17.6. The second kappa shape index (κ2) is 8.02. The van der Waals surface area contributed by atoms with Gasteiger partial charge in [0.05, 0.1) is 16.9 Å². The zero-order valence-electron chi connectivity index (χ0n) is 17.6. The average Bonchev–Trinajstić information content (AvgIpc) is 2.74. The number of carbonyl (C=O) groups excluding carboxylic acids is 2. The normalized spacial score (nSPS) is 17.1. The highest BCUT2D eigenvalue weighted by Crippen LogP contribution is 2.40. The molecule has 0 N–H and O–H groups in total. The summed E-state index contributed by atoms with van der Waals surface area (Å²) in [4.78, 5) is 37.5. The first-order valence-corrected chi connectivity index (χ1v) is 10.3. The molecule has 2 aliphatic heterocycles. The Morgan fingerprint density at radius 2 is 1.87 bits per heavy atom. The number of hydrogen-bond donors (Lipinski definition) is 0. The van der Waals surface area contributed by atoms with Gasteiger partial charge < -0.3 is 14.4 Å². The number of aryl methyl sites for hydroxylation is 2. The first-order chi connectivity index (χ1) is 14.8. The van der Waals surface area contributed by atoms with Crippen molar-refractivity contribution in [3.8, 4) is 11.5 Å². The third-order valence-corrected chi connectivity index (χ3v) is 6.15. The molecule has 1 saturated heterocycles. The molecule has 2 aromatic rings. The minimum Gasteiger partial charge on any atom is -0.486 e. The Morgan fingerprint density at radius 3 is 2.58 bits per heavy atom. The Bertz CT molecular complexity index is 1060. The van der Waals surface area contributed by atoms with E-state index in [0.717, 1.165) is 11.1 Å². The fourth-order valence-electron chi connectivity index (χ4n) is 4.15. The van der Waals surface area contributed by atoms with Crippen LogP contribution in [-0.4, -0.2) is 46.8 Å². The lowest BCUT2D eigenvalue weighted by Gasteiger charge is -2.44. The molecule has 2 heterocycles. The smallest absolute Gasteiger partial charge is 0.310 e. The SMILES string of the molecule is Cc1cc2c(cc1C)C(=O)CC1(CCN(C(=O)COc3ccccc3[N+](=O)[O-])CC1)O2. The largest absolute Gasteiger partial charge is 0.486 e. The highest BCUT2D eigenvalue weighted by molar-refractivity contribution is 6.00. The highest BCUT2D eigenvalue weighted by Gasteiger charge is 2.43. The number of carbonyl (C=O) groups is 2. The molecule has 0 atom stereocenters. The summed E-state index contributed by atoms with van der Waals surface area (Å²) in [7, 11) is 0. The number of nitro groups is 1. The number of nitro benzene ring substituents is 1. The molecule has 0 unspecified atom stereocenters. The van der Waals surface area contributed by atoms with Gasteiger partial charge >= 0.3 is 5.69 Å². The molecule has 1 spiro atoms. The highest BCUT2D eigenvalue weighted by atomic mass is 16.6. The molecule has 2 aromatic carbocycles. The van der Waals surface area contributed by atoms with Gasteiger partial charge in [0.1, 0.15) is 11.4 Å². The van der Waals surface area contributed by atoms with E-state index in [1.165, 1.54) is 12.1 Å². The van der Waals surface area contributed by atoms with Crippen LogP contribution in [-0.2, 0) is 4.79 Å². The van der Waals surface area contributed by atoms with E-state index in [-0.39, 0.29) is 29.7 Å². The van der Waals surface area contributed by atoms with Crippen LogP contribution in [0.5, 0.6) is 11.5 Å². The standard InChI is InChI=1S/C23H24N2O6/c1-15-11-17-19(26)13-23(31-21(17)12-16(15)2)7-9-24(10-8-23)22(27)14-30-20-6-4-3-5-18(20)25(28)29/h3-6,11-12H,7-10,13-14H2,1-2H3. The summed E-state index contributed by atoms with van der Waals surface area (Å²) >= 11 is 0. The van der Waals surface area contributed by atoms with Gasteiger partial charge in [-0.1, -0.05) is 12.1 Å². The molecule has 2 aliphatic rings. The van der Waals surface area contributed by atoms with Crippen molar-refractivity contribution in [1.29, 1.82) is 0 Å². The fraction of sp³-hybridized carbons (Fsp3) is 0.391. The predicted molar refractivity (Wildman–Crippen MR) is 113 cm³/mol. The van der Waals surface area contributed by atoms with Gasteiger partial charge in [-0.3, -0.25) is 19.7 Å². The van der Waals surface area contributed by atoms with Crippen LogP contribution in [0.25, 0.3) is 0 Å². The maximum Gasteiger partial charge on any atom is 0.310 e. The summed E-state index contributed by atoms with van der Waals surface area (Å²) in [5, 5.41) is 11.1. The summed E-state index contributed by atoms with van der Waals surface area (Å²) in [6.07, 6.45) is 1.39. The number of rotatable bonds is 4. The van der Waals surface area contributed by atoms with Crippen LogP contribution in [0.4, 0.5) is 5.69 Å². The first kappa shape index (κ1) is 20.8. The quantitative estimate of drug-likeness (QED) is 0.549. The van der Waals surface area contributed by atoms with E-state index in [0.29, 0.717) is 43.7 Å². The lowest BCUT2D eigenvalue weighted by Crippen LogP contribution is -2.53. The number of ether oxygens (including phenoxy) is 2. The van der Waals surface area contributed by atoms with Crippen LogP contribution in [0.1, 0.15) is 40.7 Å². The van der Waals surface area contributed by atoms with Crippen LogP contribution in [0, 0.1) is 24.0 Å². The summed E-state index contributed by atoms with van der Waals surface area (Å²) in [5.41, 5.74) is 1.99. The summed E-state index contributed by atoms with van der Waals surface area (Å²) in [5.74, 6) is 0.516. The fourth-order valence-corrected chi connectivity index (χ4v) is 4.15. The minimum atomic E-state index is -0.596. The monoisotopic (exact) mass is 424 g/mol. The number of piperidine rings is 1. The molecule has 162 valence electrons. The van der Waals surface area contributed by atoms with Gasteiger partial charge in [0.2, 0.25) is 0 Å². The zero-order chi connectivity index (χ0) is 22.2. The molecule has 0 aliphatic carbocycles. The lowest BCUT2D eigenvalue weighted by atomic mass is 9.82. The van der Waals surface area contributed by atoms with Crippen molar-refractivity contribution in [2.24, 2.45) is 0 Å². The van der Waals surface area contributed by atoms with Gasteiger partial charge in [-0.2, -0.15) is 0 Å². The second-order valence-electron chi connectivity index (χ2n) is 8.21. The number of nitrogens with zero attached hydrogens (tertiary/aromatic N) is 2. The van der Waals surface area contributed by atoms with Gasteiger partial charge in [0.15, 0.2) is 18.1 Å². The van der Waals surface area contributed by atoms with Crippen molar-refractivity contribution in [3.05, 3.63) is 63.2 Å². The number of amides is 1. The van der Waals surface area contributed by atoms with Crippen LogP contribution < -0.4 is 9.47 Å². The van der Waals surface area contributed by atoms with Crippen LogP contribution in [0.15, 0.2) is 36.4 Å². The predicted octanol–water partition coefficient (Wildman–Crippen LogP) is 3.62. The molecular formula is C23H24N2O6.